The summed E-state index contributed by atoms with van der Waals surface area (Å²) in [4.78, 5) is 31.8. The molecule has 0 atom stereocenters. The van der Waals surface area contributed by atoms with E-state index in [0.29, 0.717) is 36.3 Å². The first-order valence-corrected chi connectivity index (χ1v) is 9.58. The second kappa shape index (κ2) is 7.85. The highest BCUT2D eigenvalue weighted by Crippen LogP contribution is 2.21. The Morgan fingerprint density at radius 3 is 2.78 bits per heavy atom. The lowest BCUT2D eigenvalue weighted by atomic mass is 10.1. The van der Waals surface area contributed by atoms with Crippen LogP contribution in [0.4, 0.5) is 5.13 Å². The summed E-state index contributed by atoms with van der Waals surface area (Å²) in [5, 5.41) is 7.85. The van der Waals surface area contributed by atoms with Crippen molar-refractivity contribution in [2.24, 2.45) is 0 Å². The third-order valence-corrected chi connectivity index (χ3v) is 5.33. The van der Waals surface area contributed by atoms with Gasteiger partial charge in [0.1, 0.15) is 5.56 Å². The van der Waals surface area contributed by atoms with Gasteiger partial charge in [-0.2, -0.15) is 4.52 Å². The fraction of sp³-hybridized carbons (Fsp3) is 0.333. The molecular formula is C18H19N5O3S. The smallest absolute Gasteiger partial charge is 0.288 e. The minimum absolute atomic E-state index is 0.000566. The van der Waals surface area contributed by atoms with Crippen molar-refractivity contribution >= 4 is 27.3 Å². The van der Waals surface area contributed by atoms with Crippen LogP contribution in [0.1, 0.15) is 15.9 Å². The number of hydrogen-bond acceptors (Lipinski definition) is 7. The standard InChI is InChI=1S/C18H19N5O3S/c24-15(19-7-6-13-4-2-1-3-5-13)14-12-20-17-23(16(14)25)21-18(27-17)22-8-10-26-11-9-22/h1-5,12H,6-11H2,(H,19,24). The van der Waals surface area contributed by atoms with Crippen LogP contribution in [0.2, 0.25) is 0 Å². The van der Waals surface area contributed by atoms with Crippen LogP contribution in [-0.2, 0) is 11.2 Å². The Hall–Kier alpha value is -2.78. The molecule has 1 aliphatic heterocycles. The van der Waals surface area contributed by atoms with Gasteiger partial charge in [-0.1, -0.05) is 41.7 Å². The quantitative estimate of drug-likeness (QED) is 0.704. The van der Waals surface area contributed by atoms with E-state index >= 15 is 0 Å². The Balaban J connectivity index is 1.49. The summed E-state index contributed by atoms with van der Waals surface area (Å²) >= 11 is 1.33. The summed E-state index contributed by atoms with van der Waals surface area (Å²) < 4.78 is 6.55. The number of morpholine rings is 1. The average Bonchev–Trinajstić information content (AvgIpc) is 3.15. The maximum Gasteiger partial charge on any atom is 0.288 e. The first kappa shape index (κ1) is 17.6. The number of rotatable bonds is 5. The van der Waals surface area contributed by atoms with Gasteiger partial charge in [-0.15, -0.1) is 5.10 Å². The Morgan fingerprint density at radius 2 is 2.00 bits per heavy atom. The second-order valence-electron chi connectivity index (χ2n) is 6.15. The van der Waals surface area contributed by atoms with Crippen molar-refractivity contribution < 1.29 is 9.53 Å². The number of benzene rings is 1. The first-order valence-electron chi connectivity index (χ1n) is 8.76. The van der Waals surface area contributed by atoms with E-state index in [2.05, 4.69) is 20.3 Å². The fourth-order valence-electron chi connectivity index (χ4n) is 2.87. The zero-order chi connectivity index (χ0) is 18.6. The molecule has 0 radical (unpaired) electrons. The monoisotopic (exact) mass is 385 g/mol. The van der Waals surface area contributed by atoms with E-state index in [4.69, 9.17) is 4.74 Å². The highest BCUT2D eigenvalue weighted by atomic mass is 32.1. The lowest BCUT2D eigenvalue weighted by molar-refractivity contribution is 0.0952. The van der Waals surface area contributed by atoms with Gasteiger partial charge in [0.05, 0.1) is 13.2 Å². The number of amides is 1. The Morgan fingerprint density at radius 1 is 1.22 bits per heavy atom. The molecule has 1 aromatic carbocycles. The number of nitrogens with zero attached hydrogens (tertiary/aromatic N) is 4. The molecule has 1 saturated heterocycles. The van der Waals surface area contributed by atoms with Crippen molar-refractivity contribution in [2.75, 3.05) is 37.7 Å². The van der Waals surface area contributed by atoms with Gasteiger partial charge in [0.15, 0.2) is 0 Å². The molecule has 1 aliphatic rings. The molecular weight excluding hydrogens is 366 g/mol. The topological polar surface area (TPSA) is 88.8 Å². The SMILES string of the molecule is O=C(NCCc1ccccc1)c1cnc2sc(N3CCOCC3)nn2c1=O. The van der Waals surface area contributed by atoms with Gasteiger partial charge in [0.25, 0.3) is 11.5 Å². The molecule has 0 bridgehead atoms. The zero-order valence-corrected chi connectivity index (χ0v) is 15.4. The Bertz CT molecular complexity index is 995. The number of nitrogens with one attached hydrogen (secondary N) is 1. The number of aromatic nitrogens is 3. The minimum Gasteiger partial charge on any atom is -0.378 e. The Labute approximate surface area is 159 Å². The van der Waals surface area contributed by atoms with E-state index in [1.165, 1.54) is 22.0 Å². The molecule has 3 aromatic rings. The molecule has 4 rings (SSSR count). The van der Waals surface area contributed by atoms with Crippen LogP contribution in [0, 0.1) is 0 Å². The molecule has 0 saturated carbocycles. The van der Waals surface area contributed by atoms with E-state index in [9.17, 15) is 9.59 Å². The van der Waals surface area contributed by atoms with Crippen LogP contribution >= 0.6 is 11.3 Å². The molecule has 0 spiro atoms. The summed E-state index contributed by atoms with van der Waals surface area (Å²) in [5.41, 5.74) is 0.671. The van der Waals surface area contributed by atoms with E-state index in [0.717, 1.165) is 18.7 Å². The highest BCUT2D eigenvalue weighted by molar-refractivity contribution is 7.20. The molecule has 1 N–H and O–H groups in total. The summed E-state index contributed by atoms with van der Waals surface area (Å²) in [7, 11) is 0. The molecule has 2 aromatic heterocycles. The van der Waals surface area contributed by atoms with Gasteiger partial charge in [-0.25, -0.2) is 4.98 Å². The van der Waals surface area contributed by atoms with Crippen molar-refractivity contribution in [2.45, 2.75) is 6.42 Å². The van der Waals surface area contributed by atoms with Crippen LogP contribution in [0.25, 0.3) is 4.96 Å². The Kier molecular flexibility index (Phi) is 5.12. The van der Waals surface area contributed by atoms with Crippen LogP contribution in [0.15, 0.2) is 41.3 Å². The van der Waals surface area contributed by atoms with Gasteiger partial charge < -0.3 is 15.0 Å². The normalized spacial score (nSPS) is 14.4. The largest absolute Gasteiger partial charge is 0.378 e. The molecule has 27 heavy (non-hydrogen) atoms. The number of carbonyl (C=O) groups is 1. The third kappa shape index (κ3) is 3.83. The summed E-state index contributed by atoms with van der Waals surface area (Å²) in [5.74, 6) is -0.432. The lowest BCUT2D eigenvalue weighted by Crippen LogP contribution is -2.36. The van der Waals surface area contributed by atoms with Gasteiger partial charge >= 0.3 is 0 Å². The van der Waals surface area contributed by atoms with Crippen LogP contribution in [0.5, 0.6) is 0 Å². The van der Waals surface area contributed by atoms with E-state index in [-0.39, 0.29) is 5.56 Å². The summed E-state index contributed by atoms with van der Waals surface area (Å²) in [6, 6.07) is 9.85. The minimum atomic E-state index is -0.451. The molecule has 3 heterocycles. The first-order chi connectivity index (χ1) is 13.2. The zero-order valence-electron chi connectivity index (χ0n) is 14.6. The average molecular weight is 385 g/mol. The van der Waals surface area contributed by atoms with Crippen molar-refractivity contribution in [3.63, 3.8) is 0 Å². The number of anilines is 1. The third-order valence-electron chi connectivity index (χ3n) is 4.34. The number of carbonyl (C=O) groups excluding carboxylic acids is 1. The number of fused-ring (bicyclic) bond motifs is 1. The second-order valence-corrected chi connectivity index (χ2v) is 7.08. The summed E-state index contributed by atoms with van der Waals surface area (Å²) in [6.45, 7) is 3.16. The van der Waals surface area contributed by atoms with Gasteiger partial charge in [0.2, 0.25) is 10.1 Å². The predicted octanol–water partition coefficient (Wildman–Crippen LogP) is 0.960. The molecule has 1 amide bonds. The van der Waals surface area contributed by atoms with Gasteiger partial charge in [-0.05, 0) is 12.0 Å². The van der Waals surface area contributed by atoms with Crippen molar-refractivity contribution in [3.8, 4) is 0 Å². The van der Waals surface area contributed by atoms with Crippen LogP contribution < -0.4 is 15.8 Å². The van der Waals surface area contributed by atoms with E-state index in [1.807, 2.05) is 30.3 Å². The maximum absolute atomic E-state index is 12.7. The van der Waals surface area contributed by atoms with Crippen molar-refractivity contribution in [3.05, 3.63) is 58.0 Å². The van der Waals surface area contributed by atoms with Crippen molar-refractivity contribution in [1.29, 1.82) is 0 Å². The molecule has 140 valence electrons. The molecule has 0 aliphatic carbocycles. The summed E-state index contributed by atoms with van der Waals surface area (Å²) in [6.07, 6.45) is 2.03. The predicted molar refractivity (Wildman–Crippen MR) is 103 cm³/mol. The number of hydrogen-bond donors (Lipinski definition) is 1. The fourth-order valence-corrected chi connectivity index (χ4v) is 3.79. The molecule has 9 heteroatoms. The highest BCUT2D eigenvalue weighted by Gasteiger charge is 2.19. The van der Waals surface area contributed by atoms with Gasteiger partial charge in [0, 0.05) is 25.8 Å². The maximum atomic E-state index is 12.7. The van der Waals surface area contributed by atoms with E-state index < -0.39 is 11.5 Å². The van der Waals surface area contributed by atoms with Gasteiger partial charge in [-0.3, -0.25) is 9.59 Å². The molecule has 0 unspecified atom stereocenters. The molecule has 8 nitrogen and oxygen atoms in total. The molecule has 1 fully saturated rings. The van der Waals surface area contributed by atoms with E-state index in [1.54, 1.807) is 0 Å². The van der Waals surface area contributed by atoms with Crippen LogP contribution in [0.3, 0.4) is 0 Å². The number of ether oxygens (including phenoxy) is 1. The van der Waals surface area contributed by atoms with Crippen LogP contribution in [-0.4, -0.2) is 53.4 Å². The van der Waals surface area contributed by atoms with Crippen molar-refractivity contribution in [1.82, 2.24) is 19.9 Å². The lowest BCUT2D eigenvalue weighted by Gasteiger charge is -2.25.